The van der Waals surface area contributed by atoms with Crippen LogP contribution in [0.4, 0.5) is 0 Å². The van der Waals surface area contributed by atoms with Gasteiger partial charge in [-0.3, -0.25) is 0 Å². The molecule has 0 fully saturated rings. The summed E-state index contributed by atoms with van der Waals surface area (Å²) in [5.41, 5.74) is 0. The van der Waals surface area contributed by atoms with E-state index in [1.54, 1.807) is 0 Å². The summed E-state index contributed by atoms with van der Waals surface area (Å²) >= 11 is 0. The van der Waals surface area contributed by atoms with Gasteiger partial charge in [-0.2, -0.15) is 0 Å². The van der Waals surface area contributed by atoms with Crippen molar-refractivity contribution >= 4 is 0 Å². The summed E-state index contributed by atoms with van der Waals surface area (Å²) in [6.45, 7) is 4.64. The van der Waals surface area contributed by atoms with Crippen molar-refractivity contribution in [2.24, 2.45) is 5.92 Å². The average Bonchev–Trinajstić information content (AvgIpc) is 2.53. The molecule has 0 spiro atoms. The van der Waals surface area contributed by atoms with Gasteiger partial charge in [-0.05, 0) is 18.8 Å². The van der Waals surface area contributed by atoms with Gasteiger partial charge in [0, 0.05) is 6.61 Å². The van der Waals surface area contributed by atoms with Crippen LogP contribution in [0.3, 0.4) is 0 Å². The van der Waals surface area contributed by atoms with E-state index in [0.29, 0.717) is 12.3 Å². The van der Waals surface area contributed by atoms with Gasteiger partial charge in [-0.1, -0.05) is 104 Å². The van der Waals surface area contributed by atoms with E-state index in [1.807, 2.05) is 0 Å². The highest BCUT2D eigenvalue weighted by molar-refractivity contribution is 4.66. The number of hydrogen-bond acceptors (Lipinski definition) is 2. The summed E-state index contributed by atoms with van der Waals surface area (Å²) in [5, 5.41) is 19.0. The standard InChI is InChI=1S/C21H44O2/c1-3-5-7-9-11-13-15-20(19-21(23)17-18-22)16-14-12-10-8-6-4-2/h20-23H,3-19H2,1-2H3. The van der Waals surface area contributed by atoms with Crippen molar-refractivity contribution in [3.05, 3.63) is 0 Å². The Labute approximate surface area is 146 Å². The van der Waals surface area contributed by atoms with E-state index >= 15 is 0 Å². The van der Waals surface area contributed by atoms with Gasteiger partial charge >= 0.3 is 0 Å². The second kappa shape index (κ2) is 18.3. The largest absolute Gasteiger partial charge is 0.396 e. The molecule has 0 saturated carbocycles. The molecule has 0 rings (SSSR count). The predicted molar refractivity (Wildman–Crippen MR) is 102 cm³/mol. The molecule has 1 atom stereocenters. The minimum Gasteiger partial charge on any atom is -0.396 e. The van der Waals surface area contributed by atoms with Gasteiger partial charge < -0.3 is 10.2 Å². The Morgan fingerprint density at radius 2 is 1.04 bits per heavy atom. The molecule has 0 heterocycles. The Balaban J connectivity index is 3.84. The fourth-order valence-electron chi connectivity index (χ4n) is 3.46. The molecule has 23 heavy (non-hydrogen) atoms. The summed E-state index contributed by atoms with van der Waals surface area (Å²) in [6, 6.07) is 0. The van der Waals surface area contributed by atoms with Gasteiger partial charge in [-0.25, -0.2) is 0 Å². The maximum atomic E-state index is 10.0. The first-order chi connectivity index (χ1) is 11.2. The minimum absolute atomic E-state index is 0.113. The van der Waals surface area contributed by atoms with Crippen LogP contribution in [0.2, 0.25) is 0 Å². The monoisotopic (exact) mass is 328 g/mol. The minimum atomic E-state index is -0.301. The van der Waals surface area contributed by atoms with E-state index in [2.05, 4.69) is 13.8 Å². The molecule has 2 nitrogen and oxygen atoms in total. The molecule has 140 valence electrons. The van der Waals surface area contributed by atoms with Crippen LogP contribution in [0, 0.1) is 5.92 Å². The Hall–Kier alpha value is -0.0800. The van der Waals surface area contributed by atoms with E-state index in [1.165, 1.54) is 89.9 Å². The molecular formula is C21H44O2. The van der Waals surface area contributed by atoms with E-state index < -0.39 is 0 Å². The third-order valence-corrected chi connectivity index (χ3v) is 5.00. The van der Waals surface area contributed by atoms with E-state index in [9.17, 15) is 5.11 Å². The third kappa shape index (κ3) is 16.6. The molecule has 0 radical (unpaired) electrons. The van der Waals surface area contributed by atoms with Gasteiger partial charge in [-0.15, -0.1) is 0 Å². The van der Waals surface area contributed by atoms with Crippen LogP contribution in [-0.4, -0.2) is 22.9 Å². The molecule has 0 aliphatic rings. The van der Waals surface area contributed by atoms with Crippen molar-refractivity contribution in [2.45, 2.75) is 123 Å². The van der Waals surface area contributed by atoms with Crippen molar-refractivity contribution in [2.75, 3.05) is 6.61 Å². The number of rotatable bonds is 18. The van der Waals surface area contributed by atoms with Crippen LogP contribution in [0.1, 0.15) is 117 Å². The molecule has 0 aromatic heterocycles. The van der Waals surface area contributed by atoms with Crippen LogP contribution < -0.4 is 0 Å². The SMILES string of the molecule is CCCCCCCCC(CCCCCCCC)CC(O)CCO. The Morgan fingerprint density at radius 3 is 1.48 bits per heavy atom. The lowest BCUT2D eigenvalue weighted by atomic mass is 9.89. The number of aliphatic hydroxyl groups is 2. The van der Waals surface area contributed by atoms with Crippen LogP contribution in [0.15, 0.2) is 0 Å². The second-order valence-corrected chi connectivity index (χ2v) is 7.38. The summed E-state index contributed by atoms with van der Waals surface area (Å²) in [5.74, 6) is 0.661. The smallest absolute Gasteiger partial charge is 0.0564 e. The lowest BCUT2D eigenvalue weighted by Crippen LogP contribution is -2.15. The Kier molecular flexibility index (Phi) is 18.2. The molecule has 1 unspecified atom stereocenters. The van der Waals surface area contributed by atoms with Gasteiger partial charge in [0.05, 0.1) is 6.10 Å². The average molecular weight is 329 g/mol. The van der Waals surface area contributed by atoms with E-state index in [0.717, 1.165) is 6.42 Å². The van der Waals surface area contributed by atoms with Crippen LogP contribution >= 0.6 is 0 Å². The van der Waals surface area contributed by atoms with Crippen molar-refractivity contribution < 1.29 is 10.2 Å². The van der Waals surface area contributed by atoms with Crippen LogP contribution in [-0.2, 0) is 0 Å². The molecule has 0 aromatic carbocycles. The first kappa shape index (κ1) is 22.9. The van der Waals surface area contributed by atoms with Crippen molar-refractivity contribution in [3.63, 3.8) is 0 Å². The first-order valence-corrected chi connectivity index (χ1v) is 10.5. The molecule has 2 N–H and O–H groups in total. The zero-order valence-electron chi connectivity index (χ0n) is 16.1. The fraction of sp³-hybridized carbons (Fsp3) is 1.00. The quantitative estimate of drug-likeness (QED) is 0.292. The second-order valence-electron chi connectivity index (χ2n) is 7.38. The number of unbranched alkanes of at least 4 members (excludes halogenated alkanes) is 10. The zero-order chi connectivity index (χ0) is 17.2. The van der Waals surface area contributed by atoms with Gasteiger partial charge in [0.1, 0.15) is 0 Å². The third-order valence-electron chi connectivity index (χ3n) is 5.00. The number of hydrogen-bond donors (Lipinski definition) is 2. The highest BCUT2D eigenvalue weighted by Gasteiger charge is 2.14. The molecular weight excluding hydrogens is 284 g/mol. The number of aliphatic hydroxyl groups excluding tert-OH is 2. The maximum absolute atomic E-state index is 10.0. The molecule has 0 bridgehead atoms. The van der Waals surface area contributed by atoms with Crippen LogP contribution in [0.5, 0.6) is 0 Å². The topological polar surface area (TPSA) is 40.5 Å². The summed E-state index contributed by atoms with van der Waals surface area (Å²) in [4.78, 5) is 0. The fourth-order valence-corrected chi connectivity index (χ4v) is 3.46. The van der Waals surface area contributed by atoms with E-state index in [4.69, 9.17) is 5.11 Å². The molecule has 0 saturated heterocycles. The van der Waals surface area contributed by atoms with Crippen molar-refractivity contribution in [1.82, 2.24) is 0 Å². The summed E-state index contributed by atoms with van der Waals surface area (Å²) < 4.78 is 0. The molecule has 0 aliphatic carbocycles. The van der Waals surface area contributed by atoms with Gasteiger partial charge in [0.15, 0.2) is 0 Å². The lowest BCUT2D eigenvalue weighted by molar-refractivity contribution is 0.103. The highest BCUT2D eigenvalue weighted by atomic mass is 16.3. The maximum Gasteiger partial charge on any atom is 0.0564 e. The van der Waals surface area contributed by atoms with Gasteiger partial charge in [0.2, 0.25) is 0 Å². The normalized spacial score (nSPS) is 12.9. The summed E-state index contributed by atoms with van der Waals surface area (Å²) in [6.07, 6.45) is 19.9. The van der Waals surface area contributed by atoms with Gasteiger partial charge in [0.25, 0.3) is 0 Å². The Bertz CT molecular complexity index is 202. The molecule has 2 heteroatoms. The summed E-state index contributed by atoms with van der Waals surface area (Å²) in [7, 11) is 0. The predicted octanol–water partition coefficient (Wildman–Crippen LogP) is 6.24. The lowest BCUT2D eigenvalue weighted by Gasteiger charge is -2.20. The van der Waals surface area contributed by atoms with Crippen LogP contribution in [0.25, 0.3) is 0 Å². The first-order valence-electron chi connectivity index (χ1n) is 10.5. The molecule has 0 aliphatic heterocycles. The van der Waals surface area contributed by atoms with Crippen molar-refractivity contribution in [3.8, 4) is 0 Å². The Morgan fingerprint density at radius 1 is 0.609 bits per heavy atom. The highest BCUT2D eigenvalue weighted by Crippen LogP contribution is 2.24. The zero-order valence-corrected chi connectivity index (χ0v) is 16.1. The van der Waals surface area contributed by atoms with Crippen molar-refractivity contribution in [1.29, 1.82) is 0 Å². The molecule has 0 amide bonds. The van der Waals surface area contributed by atoms with E-state index in [-0.39, 0.29) is 12.7 Å². The molecule has 0 aromatic rings.